The van der Waals surface area contributed by atoms with Gasteiger partial charge in [0, 0.05) is 48.1 Å². The topological polar surface area (TPSA) is 84.4 Å². The van der Waals surface area contributed by atoms with E-state index >= 15 is 0 Å². The number of phenols is 1. The van der Waals surface area contributed by atoms with Crippen molar-refractivity contribution in [3.8, 4) is 5.75 Å². The molecule has 7 nitrogen and oxygen atoms in total. The first kappa shape index (κ1) is 19.3. The zero-order valence-corrected chi connectivity index (χ0v) is 17.4. The first-order chi connectivity index (χ1) is 14.6. The van der Waals surface area contributed by atoms with Crippen molar-refractivity contribution in [2.75, 3.05) is 19.6 Å². The van der Waals surface area contributed by atoms with Crippen LogP contribution in [0.1, 0.15) is 54.4 Å². The molecule has 1 saturated heterocycles. The third-order valence-electron chi connectivity index (χ3n) is 6.71. The second-order valence-corrected chi connectivity index (χ2v) is 8.62. The first-order valence-electron chi connectivity index (χ1n) is 11.0. The van der Waals surface area contributed by atoms with Crippen LogP contribution in [0.15, 0.2) is 27.5 Å². The average Bonchev–Trinajstić information content (AvgIpc) is 3.17. The largest absolute Gasteiger partial charge is 0.508 e. The highest BCUT2D eigenvalue weighted by atomic mass is 16.5. The van der Waals surface area contributed by atoms with E-state index in [-0.39, 0.29) is 11.3 Å². The third kappa shape index (κ3) is 3.51. The molecule has 3 aromatic rings. The SMILES string of the molecule is Cc1nc2n(c(=O)c1CCN1CCC(c3onc4cc(O)ccc34)CC1)CCCC2. The van der Waals surface area contributed by atoms with Gasteiger partial charge in [0.05, 0.1) is 0 Å². The number of nitrogens with zero attached hydrogens (tertiary/aromatic N) is 4. The Balaban J connectivity index is 1.23. The van der Waals surface area contributed by atoms with Gasteiger partial charge in [-0.3, -0.25) is 9.36 Å². The Kier molecular flexibility index (Phi) is 5.06. The lowest BCUT2D eigenvalue weighted by molar-refractivity contribution is 0.199. The molecule has 0 saturated carbocycles. The number of phenolic OH excluding ortho intramolecular Hbond substituents is 1. The van der Waals surface area contributed by atoms with Crippen molar-refractivity contribution in [1.82, 2.24) is 19.6 Å². The summed E-state index contributed by atoms with van der Waals surface area (Å²) in [5.41, 5.74) is 2.66. The number of hydrogen-bond donors (Lipinski definition) is 1. The molecule has 0 bridgehead atoms. The quantitative estimate of drug-likeness (QED) is 0.714. The lowest BCUT2D eigenvalue weighted by Crippen LogP contribution is -2.37. The summed E-state index contributed by atoms with van der Waals surface area (Å²) >= 11 is 0. The van der Waals surface area contributed by atoms with Crippen LogP contribution in [-0.4, -0.2) is 44.3 Å². The molecule has 0 spiro atoms. The van der Waals surface area contributed by atoms with Crippen molar-refractivity contribution >= 4 is 10.9 Å². The predicted octanol–water partition coefficient (Wildman–Crippen LogP) is 3.16. The van der Waals surface area contributed by atoms with Gasteiger partial charge in [-0.05, 0) is 64.3 Å². The van der Waals surface area contributed by atoms with E-state index in [1.165, 1.54) is 0 Å². The summed E-state index contributed by atoms with van der Waals surface area (Å²) in [5, 5.41) is 14.7. The maximum atomic E-state index is 12.9. The van der Waals surface area contributed by atoms with Gasteiger partial charge in [0.25, 0.3) is 5.56 Å². The van der Waals surface area contributed by atoms with Gasteiger partial charge < -0.3 is 14.5 Å². The Morgan fingerprint density at radius 3 is 2.87 bits per heavy atom. The van der Waals surface area contributed by atoms with Crippen LogP contribution in [0.25, 0.3) is 10.9 Å². The first-order valence-corrected chi connectivity index (χ1v) is 11.0. The van der Waals surface area contributed by atoms with Crippen LogP contribution in [-0.2, 0) is 19.4 Å². The minimum atomic E-state index is 0.170. The van der Waals surface area contributed by atoms with Crippen molar-refractivity contribution in [2.45, 2.75) is 57.9 Å². The Labute approximate surface area is 175 Å². The highest BCUT2D eigenvalue weighted by molar-refractivity contribution is 5.82. The van der Waals surface area contributed by atoms with Crippen molar-refractivity contribution in [1.29, 1.82) is 0 Å². The van der Waals surface area contributed by atoms with Crippen LogP contribution in [0.5, 0.6) is 5.75 Å². The summed E-state index contributed by atoms with van der Waals surface area (Å²) in [4.78, 5) is 20.1. The molecular formula is C23H28N4O3. The average molecular weight is 409 g/mol. The molecule has 5 rings (SSSR count). The molecule has 1 aromatic carbocycles. The number of piperidine rings is 1. The number of hydrogen-bond acceptors (Lipinski definition) is 6. The minimum Gasteiger partial charge on any atom is -0.508 e. The highest BCUT2D eigenvalue weighted by Crippen LogP contribution is 2.34. The number of likely N-dealkylation sites (tertiary alicyclic amines) is 1. The standard InChI is InChI=1S/C23H28N4O3/c1-15-18(23(29)27-10-3-2-4-21(27)24-15)9-13-26-11-7-16(8-12-26)22-19-6-5-17(28)14-20(19)25-30-22/h5-6,14,16,28H,2-4,7-13H2,1H3. The second kappa shape index (κ2) is 7.87. The Morgan fingerprint density at radius 2 is 2.03 bits per heavy atom. The molecule has 0 atom stereocenters. The summed E-state index contributed by atoms with van der Waals surface area (Å²) in [6.45, 7) is 5.62. The van der Waals surface area contributed by atoms with E-state index in [0.29, 0.717) is 11.4 Å². The lowest BCUT2D eigenvalue weighted by Gasteiger charge is -2.31. The fraction of sp³-hybridized carbons (Fsp3) is 0.522. The van der Waals surface area contributed by atoms with E-state index in [2.05, 4.69) is 10.1 Å². The molecule has 1 N–H and O–H groups in total. The van der Waals surface area contributed by atoms with Gasteiger partial charge in [-0.1, -0.05) is 5.16 Å². The molecule has 1 fully saturated rings. The summed E-state index contributed by atoms with van der Waals surface area (Å²) in [6, 6.07) is 5.22. The van der Waals surface area contributed by atoms with Crippen molar-refractivity contribution in [2.24, 2.45) is 0 Å². The van der Waals surface area contributed by atoms with E-state index in [1.54, 1.807) is 12.1 Å². The van der Waals surface area contributed by atoms with Crippen molar-refractivity contribution in [3.63, 3.8) is 0 Å². The monoisotopic (exact) mass is 408 g/mol. The number of benzene rings is 1. The van der Waals surface area contributed by atoms with E-state index in [1.807, 2.05) is 17.6 Å². The molecular weight excluding hydrogens is 380 g/mol. The number of rotatable bonds is 4. The zero-order chi connectivity index (χ0) is 20.7. The minimum absolute atomic E-state index is 0.170. The maximum Gasteiger partial charge on any atom is 0.256 e. The number of fused-ring (bicyclic) bond motifs is 2. The fourth-order valence-corrected chi connectivity index (χ4v) is 4.95. The van der Waals surface area contributed by atoms with Crippen molar-refractivity contribution in [3.05, 3.63) is 51.4 Å². The van der Waals surface area contributed by atoms with E-state index in [0.717, 1.165) is 92.9 Å². The van der Waals surface area contributed by atoms with Crippen molar-refractivity contribution < 1.29 is 9.63 Å². The molecule has 0 amide bonds. The Morgan fingerprint density at radius 1 is 1.20 bits per heavy atom. The van der Waals surface area contributed by atoms with E-state index in [4.69, 9.17) is 9.51 Å². The van der Waals surface area contributed by atoms with Gasteiger partial charge in [0.1, 0.15) is 22.9 Å². The summed E-state index contributed by atoms with van der Waals surface area (Å²) in [7, 11) is 0. The second-order valence-electron chi connectivity index (χ2n) is 8.62. The molecule has 0 aliphatic carbocycles. The van der Waals surface area contributed by atoms with Gasteiger partial charge in [-0.2, -0.15) is 0 Å². The van der Waals surface area contributed by atoms with Gasteiger partial charge in [0.15, 0.2) is 0 Å². The summed E-state index contributed by atoms with van der Waals surface area (Å²) in [5.74, 6) is 2.44. The van der Waals surface area contributed by atoms with Crippen LogP contribution in [0.3, 0.4) is 0 Å². The molecule has 2 aliphatic rings. The molecule has 30 heavy (non-hydrogen) atoms. The van der Waals surface area contributed by atoms with Crippen LogP contribution in [0.2, 0.25) is 0 Å². The molecule has 158 valence electrons. The molecule has 2 aromatic heterocycles. The molecule has 7 heteroatoms. The molecule has 4 heterocycles. The number of aromatic nitrogens is 3. The van der Waals surface area contributed by atoms with E-state index in [9.17, 15) is 9.90 Å². The zero-order valence-electron chi connectivity index (χ0n) is 17.4. The number of aryl methyl sites for hydroxylation is 2. The van der Waals surface area contributed by atoms with Gasteiger partial charge in [-0.15, -0.1) is 0 Å². The van der Waals surface area contributed by atoms with Crippen LogP contribution < -0.4 is 5.56 Å². The summed E-state index contributed by atoms with van der Waals surface area (Å²) in [6.07, 6.45) is 5.88. The smallest absolute Gasteiger partial charge is 0.256 e. The third-order valence-corrected chi connectivity index (χ3v) is 6.71. The van der Waals surface area contributed by atoms with Crippen LogP contribution >= 0.6 is 0 Å². The Hall–Kier alpha value is -2.67. The van der Waals surface area contributed by atoms with Crippen LogP contribution in [0, 0.1) is 6.92 Å². The van der Waals surface area contributed by atoms with Gasteiger partial charge in [0.2, 0.25) is 0 Å². The maximum absolute atomic E-state index is 12.9. The fourth-order valence-electron chi connectivity index (χ4n) is 4.95. The molecule has 2 aliphatic heterocycles. The summed E-state index contributed by atoms with van der Waals surface area (Å²) < 4.78 is 7.52. The molecule has 0 unspecified atom stereocenters. The predicted molar refractivity (Wildman–Crippen MR) is 114 cm³/mol. The van der Waals surface area contributed by atoms with Gasteiger partial charge >= 0.3 is 0 Å². The van der Waals surface area contributed by atoms with Crippen LogP contribution in [0.4, 0.5) is 0 Å². The van der Waals surface area contributed by atoms with E-state index < -0.39 is 0 Å². The molecule has 0 radical (unpaired) electrons. The normalized spacial score (nSPS) is 18.0. The number of aromatic hydroxyl groups is 1. The highest BCUT2D eigenvalue weighted by Gasteiger charge is 2.26. The lowest BCUT2D eigenvalue weighted by atomic mass is 9.92. The van der Waals surface area contributed by atoms with Gasteiger partial charge in [-0.25, -0.2) is 4.98 Å². The Bertz CT molecular complexity index is 1130.